The summed E-state index contributed by atoms with van der Waals surface area (Å²) in [7, 11) is 0. The van der Waals surface area contributed by atoms with Gasteiger partial charge < -0.3 is 0 Å². The van der Waals surface area contributed by atoms with Crippen molar-refractivity contribution < 1.29 is 0 Å². The van der Waals surface area contributed by atoms with Gasteiger partial charge in [0.15, 0.2) is 0 Å². The zero-order valence-corrected chi connectivity index (χ0v) is 10.4. The van der Waals surface area contributed by atoms with Crippen molar-refractivity contribution in [2.45, 2.75) is 13.8 Å². The van der Waals surface area contributed by atoms with Gasteiger partial charge in [0.05, 0.1) is 0 Å². The molecular weight excluding hydrogens is 204 g/mol. The number of allylic oxidation sites excluding steroid dienone is 7. The first-order valence-electron chi connectivity index (χ1n) is 5.98. The van der Waals surface area contributed by atoms with Crippen LogP contribution in [0.2, 0.25) is 0 Å². The van der Waals surface area contributed by atoms with E-state index in [4.69, 9.17) is 0 Å². The third-order valence-corrected chi connectivity index (χ3v) is 2.95. The van der Waals surface area contributed by atoms with Gasteiger partial charge in [-0.3, -0.25) is 0 Å². The predicted octanol–water partition coefficient (Wildman–Crippen LogP) is 4.78. The first kappa shape index (κ1) is 11.7. The van der Waals surface area contributed by atoms with Crippen LogP contribution >= 0.6 is 0 Å². The Morgan fingerprint density at radius 2 is 1.82 bits per heavy atom. The molecule has 0 N–H and O–H groups in total. The molecule has 0 saturated carbocycles. The quantitative estimate of drug-likeness (QED) is 0.675. The highest BCUT2D eigenvalue weighted by Crippen LogP contribution is 2.26. The fourth-order valence-corrected chi connectivity index (χ4v) is 1.78. The molecule has 2 rings (SSSR count). The zero-order chi connectivity index (χ0) is 12.1. The maximum Gasteiger partial charge on any atom is 0.0222 e. The van der Waals surface area contributed by atoms with Crippen molar-refractivity contribution in [3.8, 4) is 0 Å². The topological polar surface area (TPSA) is 0 Å². The van der Waals surface area contributed by atoms with Crippen LogP contribution in [0.3, 0.4) is 0 Å². The highest BCUT2D eigenvalue weighted by molar-refractivity contribution is 5.51. The lowest BCUT2D eigenvalue weighted by molar-refractivity contribution is 0.721. The Balaban J connectivity index is 2.19. The van der Waals surface area contributed by atoms with Crippen LogP contribution in [-0.4, -0.2) is 0 Å². The van der Waals surface area contributed by atoms with E-state index in [1.807, 2.05) is 6.07 Å². The Bertz CT molecular complexity index is 486. The van der Waals surface area contributed by atoms with E-state index in [1.165, 1.54) is 11.1 Å². The molecule has 1 aromatic rings. The molecular formula is C17H18. The first-order chi connectivity index (χ1) is 8.18. The van der Waals surface area contributed by atoms with Gasteiger partial charge in [0.25, 0.3) is 0 Å². The van der Waals surface area contributed by atoms with Gasteiger partial charge in [-0.2, -0.15) is 0 Å². The first-order valence-corrected chi connectivity index (χ1v) is 5.98. The fraction of sp³-hybridized carbons (Fsp3) is 0.176. The molecule has 1 atom stereocenters. The van der Waals surface area contributed by atoms with Gasteiger partial charge >= 0.3 is 0 Å². The standard InChI is InChI=1S/C17H18/c1-15-7-6-12-17(2,13-10-15)14-11-16-8-4-3-5-9-16/h3-14H,1-2H3/b14-11+. The van der Waals surface area contributed by atoms with Crippen molar-refractivity contribution in [2.24, 2.45) is 5.41 Å². The van der Waals surface area contributed by atoms with E-state index in [0.717, 1.165) is 0 Å². The number of hydrogen-bond acceptors (Lipinski definition) is 0. The van der Waals surface area contributed by atoms with E-state index in [-0.39, 0.29) is 5.41 Å². The Hall–Kier alpha value is -1.82. The Morgan fingerprint density at radius 3 is 2.59 bits per heavy atom. The molecule has 0 amide bonds. The smallest absolute Gasteiger partial charge is 0.0222 e. The monoisotopic (exact) mass is 222 g/mol. The van der Waals surface area contributed by atoms with E-state index in [1.54, 1.807) is 0 Å². The van der Waals surface area contributed by atoms with Gasteiger partial charge in [-0.15, -0.1) is 0 Å². The summed E-state index contributed by atoms with van der Waals surface area (Å²) in [6, 6.07) is 10.4. The molecule has 0 aromatic heterocycles. The van der Waals surface area contributed by atoms with Crippen molar-refractivity contribution in [3.05, 3.63) is 77.9 Å². The third kappa shape index (κ3) is 3.32. The minimum atomic E-state index is 0.00407. The minimum Gasteiger partial charge on any atom is -0.0710 e. The van der Waals surface area contributed by atoms with Crippen molar-refractivity contribution in [2.75, 3.05) is 0 Å². The largest absolute Gasteiger partial charge is 0.0710 e. The van der Waals surface area contributed by atoms with Crippen LogP contribution in [0.15, 0.2) is 72.4 Å². The molecule has 0 bridgehead atoms. The SMILES string of the molecule is CC1=CC=CC(C)(/C=C/c2ccccc2)C=C1. The van der Waals surface area contributed by atoms with Gasteiger partial charge in [0, 0.05) is 5.41 Å². The van der Waals surface area contributed by atoms with Gasteiger partial charge in [0.1, 0.15) is 0 Å². The van der Waals surface area contributed by atoms with Crippen LogP contribution in [0.1, 0.15) is 19.4 Å². The summed E-state index contributed by atoms with van der Waals surface area (Å²) >= 11 is 0. The molecule has 0 saturated heterocycles. The summed E-state index contributed by atoms with van der Waals surface area (Å²) in [5.74, 6) is 0. The molecule has 0 heterocycles. The van der Waals surface area contributed by atoms with Crippen molar-refractivity contribution >= 4 is 6.08 Å². The normalized spacial score (nSPS) is 23.8. The summed E-state index contributed by atoms with van der Waals surface area (Å²) in [5.41, 5.74) is 2.53. The highest BCUT2D eigenvalue weighted by Gasteiger charge is 2.13. The molecule has 0 spiro atoms. The lowest BCUT2D eigenvalue weighted by atomic mass is 9.89. The number of benzene rings is 1. The van der Waals surface area contributed by atoms with Gasteiger partial charge in [-0.1, -0.05) is 78.4 Å². The van der Waals surface area contributed by atoms with E-state index in [9.17, 15) is 0 Å². The summed E-state index contributed by atoms with van der Waals surface area (Å²) in [5, 5.41) is 0. The van der Waals surface area contributed by atoms with Crippen molar-refractivity contribution in [1.29, 1.82) is 0 Å². The summed E-state index contributed by atoms with van der Waals surface area (Å²) in [4.78, 5) is 0. The Morgan fingerprint density at radius 1 is 1.06 bits per heavy atom. The van der Waals surface area contributed by atoms with Crippen LogP contribution in [0.25, 0.3) is 6.08 Å². The predicted molar refractivity (Wildman–Crippen MR) is 75.6 cm³/mol. The Kier molecular flexibility index (Phi) is 3.43. The molecule has 1 aliphatic carbocycles. The molecule has 1 aliphatic rings. The number of hydrogen-bond donors (Lipinski definition) is 0. The van der Waals surface area contributed by atoms with Crippen LogP contribution in [0.5, 0.6) is 0 Å². The van der Waals surface area contributed by atoms with E-state index >= 15 is 0 Å². The lowest BCUT2D eigenvalue weighted by Gasteiger charge is -2.15. The molecule has 1 unspecified atom stereocenters. The van der Waals surface area contributed by atoms with E-state index < -0.39 is 0 Å². The number of rotatable bonds is 2. The zero-order valence-electron chi connectivity index (χ0n) is 10.4. The second kappa shape index (κ2) is 5.01. The molecule has 17 heavy (non-hydrogen) atoms. The van der Waals surface area contributed by atoms with Gasteiger partial charge in [0.2, 0.25) is 0 Å². The third-order valence-electron chi connectivity index (χ3n) is 2.95. The fourth-order valence-electron chi connectivity index (χ4n) is 1.78. The minimum absolute atomic E-state index is 0.00407. The van der Waals surface area contributed by atoms with Gasteiger partial charge in [-0.05, 0) is 19.4 Å². The molecule has 1 aromatic carbocycles. The lowest BCUT2D eigenvalue weighted by Crippen LogP contribution is -2.03. The average Bonchev–Trinajstić information content (AvgIpc) is 2.51. The maximum atomic E-state index is 2.24. The highest BCUT2D eigenvalue weighted by atomic mass is 14.2. The van der Waals surface area contributed by atoms with E-state index in [2.05, 4.69) is 80.6 Å². The van der Waals surface area contributed by atoms with Crippen molar-refractivity contribution in [3.63, 3.8) is 0 Å². The van der Waals surface area contributed by atoms with Crippen molar-refractivity contribution in [1.82, 2.24) is 0 Å². The van der Waals surface area contributed by atoms with E-state index in [0.29, 0.717) is 0 Å². The van der Waals surface area contributed by atoms with Crippen LogP contribution in [-0.2, 0) is 0 Å². The second-order valence-corrected chi connectivity index (χ2v) is 4.71. The summed E-state index contributed by atoms with van der Waals surface area (Å²) in [6.45, 7) is 4.33. The molecule has 0 nitrogen and oxygen atoms in total. The van der Waals surface area contributed by atoms with Crippen LogP contribution in [0, 0.1) is 5.41 Å². The second-order valence-electron chi connectivity index (χ2n) is 4.71. The van der Waals surface area contributed by atoms with Gasteiger partial charge in [-0.25, -0.2) is 0 Å². The van der Waals surface area contributed by atoms with Crippen LogP contribution in [0.4, 0.5) is 0 Å². The molecule has 86 valence electrons. The average molecular weight is 222 g/mol. The summed E-state index contributed by atoms with van der Waals surface area (Å²) < 4.78 is 0. The molecule has 0 fully saturated rings. The molecule has 0 aliphatic heterocycles. The summed E-state index contributed by atoms with van der Waals surface area (Å²) in [6.07, 6.45) is 15.3. The van der Waals surface area contributed by atoms with Crippen LogP contribution < -0.4 is 0 Å². The molecule has 0 heteroatoms. The maximum absolute atomic E-state index is 2.24. The molecule has 0 radical (unpaired) electrons. The Labute approximate surface area is 104 Å².